The van der Waals surface area contributed by atoms with Crippen LogP contribution in [0.25, 0.3) is 0 Å². The highest BCUT2D eigenvalue weighted by molar-refractivity contribution is 7.89. The van der Waals surface area contributed by atoms with E-state index in [1.807, 2.05) is 0 Å². The van der Waals surface area contributed by atoms with E-state index in [1.54, 1.807) is 30.3 Å². The molecule has 7 nitrogen and oxygen atoms in total. The van der Waals surface area contributed by atoms with Crippen LogP contribution in [-0.2, 0) is 21.4 Å². The number of carbonyl (C=O) groups excluding carboxylic acids is 1. The number of amides is 1. The number of anilines is 1. The second-order valence-corrected chi connectivity index (χ2v) is 7.78. The van der Waals surface area contributed by atoms with Crippen LogP contribution in [0.3, 0.4) is 0 Å². The van der Waals surface area contributed by atoms with Crippen LogP contribution in [0.15, 0.2) is 76.2 Å². The summed E-state index contributed by atoms with van der Waals surface area (Å²) in [5, 5.41) is 2.60. The molecule has 0 spiro atoms. The molecule has 0 aliphatic rings. The zero-order chi connectivity index (χ0) is 20.7. The fourth-order valence-electron chi connectivity index (χ4n) is 2.44. The minimum Gasteiger partial charge on any atom is -0.490 e. The SMILES string of the molecule is O=C(CCOc1ccccc1F)Nc1cccc(S(=O)(=O)NCc2ccco2)c1. The average Bonchev–Trinajstić information content (AvgIpc) is 3.22. The van der Waals surface area contributed by atoms with Crippen LogP contribution < -0.4 is 14.8 Å². The van der Waals surface area contributed by atoms with Crippen molar-refractivity contribution in [3.05, 3.63) is 78.5 Å². The standard InChI is InChI=1S/C20H19FN2O5S/c21-18-8-1-2-9-19(18)28-12-10-20(24)23-15-5-3-7-17(13-15)29(25,26)22-14-16-6-4-11-27-16/h1-9,11,13,22H,10,12,14H2,(H,23,24). The molecule has 3 aromatic rings. The molecule has 152 valence electrons. The maximum atomic E-state index is 13.5. The van der Waals surface area contributed by atoms with Gasteiger partial charge in [0.15, 0.2) is 11.6 Å². The smallest absolute Gasteiger partial charge is 0.241 e. The highest BCUT2D eigenvalue weighted by Crippen LogP contribution is 2.17. The third-order valence-electron chi connectivity index (χ3n) is 3.87. The predicted octanol–water partition coefficient (Wildman–Crippen LogP) is 3.30. The lowest BCUT2D eigenvalue weighted by Crippen LogP contribution is -2.23. The first-order valence-electron chi connectivity index (χ1n) is 8.73. The van der Waals surface area contributed by atoms with E-state index in [2.05, 4.69) is 10.0 Å². The largest absolute Gasteiger partial charge is 0.490 e. The van der Waals surface area contributed by atoms with Gasteiger partial charge in [-0.15, -0.1) is 0 Å². The molecule has 0 fully saturated rings. The molecule has 9 heteroatoms. The van der Waals surface area contributed by atoms with E-state index < -0.39 is 15.8 Å². The first-order valence-corrected chi connectivity index (χ1v) is 10.2. The van der Waals surface area contributed by atoms with E-state index in [9.17, 15) is 17.6 Å². The lowest BCUT2D eigenvalue weighted by molar-refractivity contribution is -0.116. The molecular formula is C20H19FN2O5S. The Morgan fingerprint density at radius 1 is 1.07 bits per heavy atom. The zero-order valence-electron chi connectivity index (χ0n) is 15.3. The Bertz CT molecular complexity index is 1070. The molecule has 2 N–H and O–H groups in total. The number of sulfonamides is 1. The van der Waals surface area contributed by atoms with Crippen molar-refractivity contribution in [3.8, 4) is 5.75 Å². The molecule has 1 aromatic heterocycles. The maximum absolute atomic E-state index is 13.5. The number of hydrogen-bond donors (Lipinski definition) is 2. The summed E-state index contributed by atoms with van der Waals surface area (Å²) in [5.74, 6) is -0.351. The van der Waals surface area contributed by atoms with Gasteiger partial charge in [0, 0.05) is 5.69 Å². The van der Waals surface area contributed by atoms with E-state index in [-0.39, 0.29) is 36.1 Å². The normalized spacial score (nSPS) is 11.2. The molecule has 2 aromatic carbocycles. The summed E-state index contributed by atoms with van der Waals surface area (Å²) in [4.78, 5) is 12.1. The van der Waals surface area contributed by atoms with Gasteiger partial charge >= 0.3 is 0 Å². The van der Waals surface area contributed by atoms with E-state index in [0.717, 1.165) is 0 Å². The number of benzene rings is 2. The molecule has 1 heterocycles. The predicted molar refractivity (Wildman–Crippen MR) is 104 cm³/mol. The van der Waals surface area contributed by atoms with Crippen LogP contribution in [0.1, 0.15) is 12.2 Å². The van der Waals surface area contributed by atoms with Gasteiger partial charge in [0.1, 0.15) is 5.76 Å². The third-order valence-corrected chi connectivity index (χ3v) is 5.27. The number of halogens is 1. The number of carbonyl (C=O) groups is 1. The van der Waals surface area contributed by atoms with Crippen molar-refractivity contribution in [2.45, 2.75) is 17.9 Å². The summed E-state index contributed by atoms with van der Waals surface area (Å²) in [6, 6.07) is 15.1. The molecule has 0 saturated carbocycles. The molecule has 0 unspecified atom stereocenters. The third kappa shape index (κ3) is 5.90. The van der Waals surface area contributed by atoms with Gasteiger partial charge in [-0.2, -0.15) is 0 Å². The number of hydrogen-bond acceptors (Lipinski definition) is 5. The second kappa shape index (κ2) is 9.35. The fraction of sp³-hybridized carbons (Fsp3) is 0.150. The summed E-state index contributed by atoms with van der Waals surface area (Å²) in [5.41, 5.74) is 0.321. The minimum atomic E-state index is -3.78. The van der Waals surface area contributed by atoms with Crippen molar-refractivity contribution in [1.82, 2.24) is 4.72 Å². The first-order chi connectivity index (χ1) is 13.9. The van der Waals surface area contributed by atoms with Crippen molar-refractivity contribution in [2.75, 3.05) is 11.9 Å². The topological polar surface area (TPSA) is 97.6 Å². The van der Waals surface area contributed by atoms with Crippen LogP contribution >= 0.6 is 0 Å². The Balaban J connectivity index is 1.54. The van der Waals surface area contributed by atoms with E-state index in [1.165, 1.54) is 36.6 Å². The Labute approximate surface area is 167 Å². The molecule has 3 rings (SSSR count). The first kappa shape index (κ1) is 20.6. The number of ether oxygens (including phenoxy) is 1. The Morgan fingerprint density at radius 3 is 2.66 bits per heavy atom. The van der Waals surface area contributed by atoms with Gasteiger partial charge < -0.3 is 14.5 Å². The lowest BCUT2D eigenvalue weighted by Gasteiger charge is -2.10. The summed E-state index contributed by atoms with van der Waals surface area (Å²) in [7, 11) is -3.78. The van der Waals surface area contributed by atoms with Crippen molar-refractivity contribution in [2.24, 2.45) is 0 Å². The Hall–Kier alpha value is -3.17. The number of furan rings is 1. The zero-order valence-corrected chi connectivity index (χ0v) is 16.1. The molecule has 29 heavy (non-hydrogen) atoms. The van der Waals surface area contributed by atoms with Gasteiger partial charge in [-0.1, -0.05) is 18.2 Å². The van der Waals surface area contributed by atoms with Crippen LogP contribution in [0, 0.1) is 5.82 Å². The fourth-order valence-corrected chi connectivity index (χ4v) is 3.48. The highest BCUT2D eigenvalue weighted by Gasteiger charge is 2.15. The monoisotopic (exact) mass is 418 g/mol. The number of para-hydroxylation sites is 1. The van der Waals surface area contributed by atoms with E-state index in [4.69, 9.17) is 9.15 Å². The molecule has 0 saturated heterocycles. The van der Waals surface area contributed by atoms with Crippen LogP contribution in [0.2, 0.25) is 0 Å². The summed E-state index contributed by atoms with van der Waals surface area (Å²) < 4.78 is 51.1. The van der Waals surface area contributed by atoms with Gasteiger partial charge in [0.2, 0.25) is 15.9 Å². The summed E-state index contributed by atoms with van der Waals surface area (Å²) >= 11 is 0. The average molecular weight is 418 g/mol. The number of rotatable bonds is 9. The Kier molecular flexibility index (Phi) is 6.63. The molecule has 1 amide bonds. The minimum absolute atomic E-state index is 0.00413. The van der Waals surface area contributed by atoms with Gasteiger partial charge in [-0.3, -0.25) is 4.79 Å². The molecule has 0 atom stereocenters. The summed E-state index contributed by atoms with van der Waals surface area (Å²) in [6.45, 7) is -0.00520. The van der Waals surface area contributed by atoms with E-state index >= 15 is 0 Å². The van der Waals surface area contributed by atoms with Crippen LogP contribution in [0.4, 0.5) is 10.1 Å². The quantitative estimate of drug-likeness (QED) is 0.556. The summed E-state index contributed by atoms with van der Waals surface area (Å²) in [6.07, 6.45) is 1.43. The Morgan fingerprint density at radius 2 is 1.90 bits per heavy atom. The van der Waals surface area contributed by atoms with Crippen molar-refractivity contribution in [3.63, 3.8) is 0 Å². The second-order valence-electron chi connectivity index (χ2n) is 6.01. The number of nitrogens with one attached hydrogen (secondary N) is 2. The maximum Gasteiger partial charge on any atom is 0.241 e. The van der Waals surface area contributed by atoms with Gasteiger partial charge in [-0.25, -0.2) is 17.5 Å². The van der Waals surface area contributed by atoms with Crippen molar-refractivity contribution >= 4 is 21.6 Å². The molecular weight excluding hydrogens is 399 g/mol. The molecule has 0 bridgehead atoms. The van der Waals surface area contributed by atoms with Crippen LogP contribution in [-0.4, -0.2) is 20.9 Å². The highest BCUT2D eigenvalue weighted by atomic mass is 32.2. The van der Waals surface area contributed by atoms with Gasteiger partial charge in [0.25, 0.3) is 0 Å². The molecule has 0 radical (unpaired) electrons. The molecule has 0 aliphatic carbocycles. The van der Waals surface area contributed by atoms with Gasteiger partial charge in [-0.05, 0) is 42.5 Å². The lowest BCUT2D eigenvalue weighted by atomic mass is 10.3. The van der Waals surface area contributed by atoms with Gasteiger partial charge in [0.05, 0.1) is 30.7 Å². The van der Waals surface area contributed by atoms with Crippen molar-refractivity contribution in [1.29, 1.82) is 0 Å². The molecule has 0 aliphatic heterocycles. The van der Waals surface area contributed by atoms with Crippen molar-refractivity contribution < 1.29 is 26.8 Å². The van der Waals surface area contributed by atoms with E-state index in [0.29, 0.717) is 11.4 Å². The van der Waals surface area contributed by atoms with Crippen LogP contribution in [0.5, 0.6) is 5.75 Å².